The van der Waals surface area contributed by atoms with Gasteiger partial charge in [0.15, 0.2) is 0 Å². The number of anilines is 1. The summed E-state index contributed by atoms with van der Waals surface area (Å²) in [6, 6.07) is 7.12. The quantitative estimate of drug-likeness (QED) is 0.905. The third-order valence-corrected chi connectivity index (χ3v) is 3.77. The van der Waals surface area contributed by atoms with Crippen LogP contribution in [-0.2, 0) is 24.3 Å². The van der Waals surface area contributed by atoms with Crippen molar-refractivity contribution in [3.05, 3.63) is 40.6 Å². The highest BCUT2D eigenvalue weighted by Crippen LogP contribution is 2.15. The number of carbonyl (C=O) groups is 1. The molecule has 23 heavy (non-hydrogen) atoms. The maximum Gasteiger partial charge on any atom is 0.346 e. The van der Waals surface area contributed by atoms with Gasteiger partial charge in [-0.1, -0.05) is 0 Å². The number of hydrogen-bond donors (Lipinski definition) is 1. The smallest absolute Gasteiger partial charge is 0.346 e. The van der Waals surface area contributed by atoms with E-state index in [4.69, 9.17) is 4.74 Å². The van der Waals surface area contributed by atoms with E-state index in [1.54, 1.807) is 28.8 Å². The Balaban J connectivity index is 1.65. The zero-order valence-electron chi connectivity index (χ0n) is 13.1. The number of aryl methyl sites for hydroxylation is 1. The highest BCUT2D eigenvalue weighted by molar-refractivity contribution is 5.90. The number of aromatic nitrogens is 3. The highest BCUT2D eigenvalue weighted by Gasteiger charge is 2.18. The van der Waals surface area contributed by atoms with Crippen LogP contribution in [0, 0.1) is 0 Å². The van der Waals surface area contributed by atoms with Crippen molar-refractivity contribution in [1.29, 1.82) is 0 Å². The average molecular weight is 316 g/mol. The Kier molecular flexibility index (Phi) is 4.45. The van der Waals surface area contributed by atoms with Crippen LogP contribution in [0.5, 0.6) is 5.75 Å². The molecular formula is C16H20N4O3. The fraction of sp³-hybridized carbons (Fsp3) is 0.438. The second-order valence-corrected chi connectivity index (χ2v) is 5.47. The molecule has 7 nitrogen and oxygen atoms in total. The first kappa shape index (κ1) is 15.3. The second-order valence-electron chi connectivity index (χ2n) is 5.47. The number of benzene rings is 1. The summed E-state index contributed by atoms with van der Waals surface area (Å²) in [7, 11) is 0. The summed E-state index contributed by atoms with van der Waals surface area (Å²) in [5.74, 6) is 1.25. The van der Waals surface area contributed by atoms with Crippen LogP contribution in [0.3, 0.4) is 0 Å². The number of fused-ring (bicyclic) bond motifs is 1. The van der Waals surface area contributed by atoms with Gasteiger partial charge in [0.1, 0.15) is 18.1 Å². The van der Waals surface area contributed by atoms with Gasteiger partial charge in [0.2, 0.25) is 5.91 Å². The fourth-order valence-corrected chi connectivity index (χ4v) is 2.69. The van der Waals surface area contributed by atoms with Crippen molar-refractivity contribution in [2.75, 3.05) is 11.9 Å². The largest absolute Gasteiger partial charge is 0.494 e. The standard InChI is InChI=1S/C16H20N4O3/c1-2-23-13-8-6-12(7-9-13)17-15(21)11-20-16(22)19-10-4-3-5-14(19)18-20/h6-9H,2-5,10-11H2,1H3,(H,17,21). The molecule has 0 radical (unpaired) electrons. The SMILES string of the molecule is CCOc1ccc(NC(=O)Cn2nc3n(c2=O)CCCC3)cc1. The lowest BCUT2D eigenvalue weighted by Gasteiger charge is -2.09. The first-order valence-corrected chi connectivity index (χ1v) is 7.86. The Bertz CT molecular complexity index is 746. The summed E-state index contributed by atoms with van der Waals surface area (Å²) in [6.07, 6.45) is 2.81. The minimum Gasteiger partial charge on any atom is -0.494 e. The number of carbonyl (C=O) groups excluding carboxylic acids is 1. The molecule has 0 atom stereocenters. The number of rotatable bonds is 5. The van der Waals surface area contributed by atoms with Crippen LogP contribution < -0.4 is 15.7 Å². The van der Waals surface area contributed by atoms with Crippen LogP contribution >= 0.6 is 0 Å². The van der Waals surface area contributed by atoms with Crippen molar-refractivity contribution >= 4 is 11.6 Å². The molecular weight excluding hydrogens is 296 g/mol. The van der Waals surface area contributed by atoms with Gasteiger partial charge in [0, 0.05) is 18.7 Å². The molecule has 0 aliphatic carbocycles. The van der Waals surface area contributed by atoms with E-state index in [2.05, 4.69) is 10.4 Å². The summed E-state index contributed by atoms with van der Waals surface area (Å²) in [6.45, 7) is 3.12. The maximum atomic E-state index is 12.2. The molecule has 7 heteroatoms. The lowest BCUT2D eigenvalue weighted by Crippen LogP contribution is -2.30. The molecule has 0 unspecified atom stereocenters. The van der Waals surface area contributed by atoms with Gasteiger partial charge < -0.3 is 10.1 Å². The average Bonchev–Trinajstić information content (AvgIpc) is 2.86. The van der Waals surface area contributed by atoms with E-state index in [1.807, 2.05) is 6.92 Å². The summed E-state index contributed by atoms with van der Waals surface area (Å²) in [4.78, 5) is 24.3. The number of nitrogens with one attached hydrogen (secondary N) is 1. The van der Waals surface area contributed by atoms with Crippen molar-refractivity contribution in [1.82, 2.24) is 14.3 Å². The molecule has 1 amide bonds. The zero-order valence-corrected chi connectivity index (χ0v) is 13.1. The van der Waals surface area contributed by atoms with Gasteiger partial charge in [-0.05, 0) is 44.0 Å². The number of ether oxygens (including phenoxy) is 1. The van der Waals surface area contributed by atoms with Crippen molar-refractivity contribution < 1.29 is 9.53 Å². The minimum atomic E-state index is -0.272. The van der Waals surface area contributed by atoms with Crippen molar-refractivity contribution in [2.24, 2.45) is 0 Å². The Morgan fingerprint density at radius 1 is 1.30 bits per heavy atom. The molecule has 2 heterocycles. The topological polar surface area (TPSA) is 78.2 Å². The van der Waals surface area contributed by atoms with Crippen molar-refractivity contribution in [3.8, 4) is 5.75 Å². The number of hydrogen-bond acceptors (Lipinski definition) is 4. The second kappa shape index (κ2) is 6.68. The first-order chi connectivity index (χ1) is 11.2. The molecule has 2 aromatic rings. The first-order valence-electron chi connectivity index (χ1n) is 7.86. The molecule has 0 bridgehead atoms. The maximum absolute atomic E-state index is 12.2. The van der Waals surface area contributed by atoms with E-state index in [1.165, 1.54) is 4.68 Å². The van der Waals surface area contributed by atoms with Crippen LogP contribution in [0.25, 0.3) is 0 Å². The Morgan fingerprint density at radius 3 is 2.78 bits per heavy atom. The third kappa shape index (κ3) is 3.44. The van der Waals surface area contributed by atoms with E-state index in [9.17, 15) is 9.59 Å². The summed E-state index contributed by atoms with van der Waals surface area (Å²) in [5, 5.41) is 7.02. The monoisotopic (exact) mass is 316 g/mol. The van der Waals surface area contributed by atoms with Gasteiger partial charge >= 0.3 is 5.69 Å². The van der Waals surface area contributed by atoms with E-state index in [0.717, 1.165) is 30.8 Å². The Hall–Kier alpha value is -2.57. The highest BCUT2D eigenvalue weighted by atomic mass is 16.5. The molecule has 1 aromatic carbocycles. The van der Waals surface area contributed by atoms with Crippen molar-refractivity contribution in [3.63, 3.8) is 0 Å². The Morgan fingerprint density at radius 2 is 2.09 bits per heavy atom. The predicted molar refractivity (Wildman–Crippen MR) is 85.7 cm³/mol. The molecule has 0 spiro atoms. The number of nitrogens with zero attached hydrogens (tertiary/aromatic N) is 3. The molecule has 1 aliphatic heterocycles. The summed E-state index contributed by atoms with van der Waals surface area (Å²) in [5.41, 5.74) is 0.456. The summed E-state index contributed by atoms with van der Waals surface area (Å²) >= 11 is 0. The number of amides is 1. The predicted octanol–water partition coefficient (Wildman–Crippen LogP) is 1.42. The Labute approximate surface area is 133 Å². The van der Waals surface area contributed by atoms with E-state index >= 15 is 0 Å². The molecule has 3 rings (SSSR count). The van der Waals surface area contributed by atoms with Gasteiger partial charge in [0.25, 0.3) is 0 Å². The van der Waals surface area contributed by atoms with E-state index < -0.39 is 0 Å². The van der Waals surface area contributed by atoms with Gasteiger partial charge in [0.05, 0.1) is 6.61 Å². The van der Waals surface area contributed by atoms with Crippen LogP contribution in [0.4, 0.5) is 5.69 Å². The van der Waals surface area contributed by atoms with Crippen LogP contribution in [0.1, 0.15) is 25.6 Å². The normalized spacial score (nSPS) is 13.4. The fourth-order valence-electron chi connectivity index (χ4n) is 2.69. The molecule has 1 aliphatic rings. The van der Waals surface area contributed by atoms with Crippen molar-refractivity contribution in [2.45, 2.75) is 39.3 Å². The molecule has 0 saturated heterocycles. The molecule has 0 saturated carbocycles. The van der Waals surface area contributed by atoms with E-state index in [0.29, 0.717) is 18.8 Å². The van der Waals surface area contributed by atoms with Gasteiger partial charge in [-0.3, -0.25) is 9.36 Å². The lowest BCUT2D eigenvalue weighted by atomic mass is 10.2. The van der Waals surface area contributed by atoms with E-state index in [-0.39, 0.29) is 18.1 Å². The third-order valence-electron chi connectivity index (χ3n) is 3.77. The lowest BCUT2D eigenvalue weighted by molar-refractivity contribution is -0.117. The molecule has 0 fully saturated rings. The summed E-state index contributed by atoms with van der Waals surface area (Å²) < 4.78 is 8.25. The van der Waals surface area contributed by atoms with Gasteiger partial charge in [-0.2, -0.15) is 5.10 Å². The molecule has 122 valence electrons. The molecule has 1 aromatic heterocycles. The van der Waals surface area contributed by atoms with Gasteiger partial charge in [-0.15, -0.1) is 0 Å². The van der Waals surface area contributed by atoms with Crippen LogP contribution in [-0.4, -0.2) is 26.9 Å². The minimum absolute atomic E-state index is 0.0773. The van der Waals surface area contributed by atoms with Crippen LogP contribution in [0.2, 0.25) is 0 Å². The van der Waals surface area contributed by atoms with Gasteiger partial charge in [-0.25, -0.2) is 9.48 Å². The zero-order chi connectivity index (χ0) is 16.2. The molecule has 1 N–H and O–H groups in total. The van der Waals surface area contributed by atoms with Crippen LogP contribution in [0.15, 0.2) is 29.1 Å².